The molecule has 10 heteroatoms. The van der Waals surface area contributed by atoms with Crippen molar-refractivity contribution < 1.29 is 18.7 Å². The Morgan fingerprint density at radius 3 is 2.67 bits per heavy atom. The van der Waals surface area contributed by atoms with Crippen LogP contribution in [0.4, 0.5) is 0 Å². The molecule has 1 aromatic carbocycles. The number of benzene rings is 1. The first kappa shape index (κ1) is 20.2. The first-order valence-corrected chi connectivity index (χ1v) is 10.1. The summed E-state index contributed by atoms with van der Waals surface area (Å²) in [6.07, 6.45) is -0.933. The van der Waals surface area contributed by atoms with Crippen molar-refractivity contribution in [2.75, 3.05) is 5.75 Å². The number of hydrogen-bond donors (Lipinski definition) is 1. The quantitative estimate of drug-likeness (QED) is 0.674. The number of nitrogens with zero attached hydrogens (tertiary/aromatic N) is 1. The number of thioether (sulfide) groups is 1. The molecule has 1 saturated heterocycles. The van der Waals surface area contributed by atoms with Crippen LogP contribution in [0.1, 0.15) is 23.8 Å². The Kier molecular flexibility index (Phi) is 6.15. The summed E-state index contributed by atoms with van der Waals surface area (Å²) < 4.78 is 11.2. The highest BCUT2D eigenvalue weighted by Crippen LogP contribution is 2.38. The Balaban J connectivity index is 1.70. The molecular weight excluding hydrogens is 435 g/mol. The summed E-state index contributed by atoms with van der Waals surface area (Å²) in [5, 5.41) is 1.57. The molecule has 144 valence electrons. The largest absolute Gasteiger partial charge is 0.479 e. The van der Waals surface area contributed by atoms with Crippen molar-refractivity contribution in [3.05, 3.63) is 50.9 Å². The van der Waals surface area contributed by atoms with E-state index in [1.165, 1.54) is 35.8 Å². The van der Waals surface area contributed by atoms with Crippen LogP contribution < -0.4 is 10.2 Å². The van der Waals surface area contributed by atoms with Gasteiger partial charge < -0.3 is 9.15 Å². The maximum atomic E-state index is 12.5. The van der Waals surface area contributed by atoms with Gasteiger partial charge in [0, 0.05) is 6.07 Å². The van der Waals surface area contributed by atoms with Gasteiger partial charge in [0.15, 0.2) is 11.5 Å². The van der Waals surface area contributed by atoms with Gasteiger partial charge in [0.1, 0.15) is 17.3 Å². The van der Waals surface area contributed by atoms with E-state index in [2.05, 4.69) is 5.43 Å². The lowest BCUT2D eigenvalue weighted by Crippen LogP contribution is -2.49. The topological polar surface area (TPSA) is 71.8 Å². The second-order valence-corrected chi connectivity index (χ2v) is 8.10. The number of ether oxygens (including phenoxy) is 1. The number of rotatable bonds is 5. The van der Waals surface area contributed by atoms with Crippen LogP contribution in [0, 0.1) is 6.92 Å². The van der Waals surface area contributed by atoms with Gasteiger partial charge in [-0.2, -0.15) is 0 Å². The average Bonchev–Trinajstić information content (AvgIpc) is 3.19. The summed E-state index contributed by atoms with van der Waals surface area (Å²) in [5.41, 5.74) is 2.59. The van der Waals surface area contributed by atoms with E-state index in [0.29, 0.717) is 5.76 Å². The summed E-state index contributed by atoms with van der Waals surface area (Å²) in [5.74, 6) is 1.02. The molecule has 1 fully saturated rings. The van der Waals surface area contributed by atoms with E-state index in [9.17, 15) is 9.59 Å². The molecule has 2 atom stereocenters. The summed E-state index contributed by atoms with van der Waals surface area (Å²) in [4.78, 5) is 24.7. The Hall–Kier alpha value is -1.54. The fraction of sp³-hybridized carbons (Fsp3) is 0.294. The van der Waals surface area contributed by atoms with Crippen LogP contribution in [0.3, 0.4) is 0 Å². The minimum atomic E-state index is -0.933. The van der Waals surface area contributed by atoms with Crippen molar-refractivity contribution in [1.82, 2.24) is 10.4 Å². The van der Waals surface area contributed by atoms with Crippen molar-refractivity contribution >= 4 is 58.4 Å². The molecule has 2 aromatic rings. The predicted molar refractivity (Wildman–Crippen MR) is 105 cm³/mol. The Morgan fingerprint density at radius 1 is 1.30 bits per heavy atom. The first-order chi connectivity index (χ1) is 12.8. The van der Waals surface area contributed by atoms with Crippen LogP contribution >= 0.6 is 46.6 Å². The van der Waals surface area contributed by atoms with Gasteiger partial charge in [0.05, 0.1) is 20.8 Å². The smallest absolute Gasteiger partial charge is 0.279 e. The lowest BCUT2D eigenvalue weighted by Gasteiger charge is -2.25. The zero-order chi connectivity index (χ0) is 19.7. The molecule has 2 heterocycles. The third-order valence-electron chi connectivity index (χ3n) is 3.75. The van der Waals surface area contributed by atoms with Crippen LogP contribution in [0.15, 0.2) is 28.7 Å². The monoisotopic (exact) mass is 448 g/mol. The van der Waals surface area contributed by atoms with Crippen molar-refractivity contribution in [2.24, 2.45) is 0 Å². The lowest BCUT2D eigenvalue weighted by molar-refractivity contribution is -0.142. The van der Waals surface area contributed by atoms with E-state index in [-0.39, 0.29) is 32.5 Å². The highest BCUT2D eigenvalue weighted by molar-refractivity contribution is 8.00. The molecule has 1 aromatic heterocycles. The third-order valence-corrected chi connectivity index (χ3v) is 5.94. The zero-order valence-electron chi connectivity index (χ0n) is 14.3. The van der Waals surface area contributed by atoms with Crippen molar-refractivity contribution in [1.29, 1.82) is 0 Å². The lowest BCUT2D eigenvalue weighted by atomic mass is 10.3. The molecule has 27 heavy (non-hydrogen) atoms. The van der Waals surface area contributed by atoms with E-state index in [1.54, 1.807) is 12.1 Å². The number of hydrogen-bond acceptors (Lipinski definition) is 5. The van der Waals surface area contributed by atoms with Crippen LogP contribution in [-0.4, -0.2) is 28.7 Å². The van der Waals surface area contributed by atoms with E-state index < -0.39 is 17.4 Å². The molecule has 2 amide bonds. The summed E-state index contributed by atoms with van der Waals surface area (Å²) in [6, 6.07) is 6.44. The van der Waals surface area contributed by atoms with Crippen LogP contribution in [0.5, 0.6) is 5.75 Å². The van der Waals surface area contributed by atoms with Gasteiger partial charge in [0.2, 0.25) is 0 Å². The molecule has 0 bridgehead atoms. The summed E-state index contributed by atoms with van der Waals surface area (Å²) in [6.45, 7) is 3.35. The fourth-order valence-corrected chi connectivity index (χ4v) is 4.02. The van der Waals surface area contributed by atoms with Crippen molar-refractivity contribution in [3.8, 4) is 5.75 Å². The van der Waals surface area contributed by atoms with Gasteiger partial charge in [-0.25, -0.2) is 5.01 Å². The second-order valence-electron chi connectivity index (χ2n) is 5.81. The molecule has 1 N–H and O–H groups in total. The number of carbonyl (C=O) groups excluding carboxylic acids is 2. The third kappa shape index (κ3) is 4.48. The SMILES string of the molecule is Cc1ccc(C2SCC(=O)N2NC(=O)C(C)Oc2cc(Cl)c(Cl)cc2Cl)o1. The molecule has 3 rings (SSSR count). The second kappa shape index (κ2) is 8.22. The van der Waals surface area contributed by atoms with Gasteiger partial charge >= 0.3 is 0 Å². The number of furan rings is 1. The van der Waals surface area contributed by atoms with Gasteiger partial charge in [0.25, 0.3) is 11.8 Å². The molecule has 2 unspecified atom stereocenters. The summed E-state index contributed by atoms with van der Waals surface area (Å²) in [7, 11) is 0. The molecule has 0 saturated carbocycles. The first-order valence-electron chi connectivity index (χ1n) is 7.88. The zero-order valence-corrected chi connectivity index (χ0v) is 17.4. The molecule has 0 aliphatic carbocycles. The van der Waals surface area contributed by atoms with E-state index in [1.807, 2.05) is 6.92 Å². The Morgan fingerprint density at radius 2 is 2.00 bits per heavy atom. The van der Waals surface area contributed by atoms with Crippen molar-refractivity contribution in [3.63, 3.8) is 0 Å². The van der Waals surface area contributed by atoms with E-state index in [4.69, 9.17) is 44.0 Å². The van der Waals surface area contributed by atoms with E-state index >= 15 is 0 Å². The predicted octanol–water partition coefficient (Wildman–Crippen LogP) is 4.62. The number of aryl methyl sites for hydroxylation is 1. The Labute approximate surface area is 175 Å². The number of amides is 2. The summed E-state index contributed by atoms with van der Waals surface area (Å²) >= 11 is 19.3. The molecule has 1 aliphatic rings. The number of halogens is 3. The van der Waals surface area contributed by atoms with Crippen molar-refractivity contribution in [2.45, 2.75) is 25.3 Å². The average molecular weight is 450 g/mol. The number of hydrazine groups is 1. The van der Waals surface area contributed by atoms with Crippen LogP contribution in [-0.2, 0) is 9.59 Å². The standard InChI is InChI=1S/C17H15Cl3N2O4S/c1-8-3-4-13(25-8)17-22(15(23)7-27-17)21-16(24)9(2)26-14-6-11(19)10(18)5-12(14)20/h3-6,9,17H,7H2,1-2H3,(H,21,24). The molecular formula is C17H15Cl3N2O4S. The molecule has 0 radical (unpaired) electrons. The highest BCUT2D eigenvalue weighted by atomic mass is 35.5. The maximum absolute atomic E-state index is 12.5. The number of carbonyl (C=O) groups is 2. The number of nitrogens with one attached hydrogen (secondary N) is 1. The Bertz CT molecular complexity index is 889. The molecule has 6 nitrogen and oxygen atoms in total. The van der Waals surface area contributed by atoms with E-state index in [0.717, 1.165) is 5.76 Å². The van der Waals surface area contributed by atoms with Gasteiger partial charge in [-0.1, -0.05) is 34.8 Å². The molecule has 1 aliphatic heterocycles. The van der Waals surface area contributed by atoms with Gasteiger partial charge in [-0.15, -0.1) is 11.8 Å². The fourth-order valence-electron chi connectivity index (χ4n) is 2.39. The minimum absolute atomic E-state index is 0.217. The van der Waals surface area contributed by atoms with Crippen LogP contribution in [0.25, 0.3) is 0 Å². The highest BCUT2D eigenvalue weighted by Gasteiger charge is 2.37. The maximum Gasteiger partial charge on any atom is 0.279 e. The van der Waals surface area contributed by atoms with Gasteiger partial charge in [-0.05, 0) is 32.0 Å². The molecule has 0 spiro atoms. The van der Waals surface area contributed by atoms with Crippen LogP contribution in [0.2, 0.25) is 15.1 Å². The minimum Gasteiger partial charge on any atom is -0.479 e. The normalized spacial score (nSPS) is 17.9. The van der Waals surface area contributed by atoms with Gasteiger partial charge in [-0.3, -0.25) is 15.0 Å².